The third kappa shape index (κ3) is 3.59. The molecule has 3 heterocycles. The van der Waals surface area contributed by atoms with E-state index in [-0.39, 0.29) is 17.1 Å². The minimum absolute atomic E-state index is 0.212. The smallest absolute Gasteiger partial charge is 0.235 e. The van der Waals surface area contributed by atoms with Crippen molar-refractivity contribution in [3.8, 4) is 0 Å². The Bertz CT molecular complexity index is 1200. The number of aromatic amines is 1. The number of unbranched alkanes of at least 4 members (excludes halogenated alkanes) is 1. The summed E-state index contributed by atoms with van der Waals surface area (Å²) in [5, 5.41) is 3.16. The van der Waals surface area contributed by atoms with E-state index in [4.69, 9.17) is 0 Å². The highest BCUT2D eigenvalue weighted by Gasteiger charge is 2.48. The molecule has 2 aromatic carbocycles. The van der Waals surface area contributed by atoms with Crippen LogP contribution < -0.4 is 10.2 Å². The van der Waals surface area contributed by atoms with Crippen LogP contribution in [0, 0.1) is 5.82 Å². The number of rotatable bonds is 6. The van der Waals surface area contributed by atoms with Gasteiger partial charge >= 0.3 is 0 Å². The Morgan fingerprint density at radius 2 is 1.97 bits per heavy atom. The summed E-state index contributed by atoms with van der Waals surface area (Å²) in [7, 11) is 0. The molecule has 1 aromatic heterocycles. The molecule has 1 fully saturated rings. The first kappa shape index (κ1) is 20.7. The van der Waals surface area contributed by atoms with Crippen LogP contribution in [0.2, 0.25) is 0 Å². The van der Waals surface area contributed by atoms with Crippen molar-refractivity contribution >= 4 is 28.6 Å². The van der Waals surface area contributed by atoms with E-state index >= 15 is 0 Å². The summed E-state index contributed by atoms with van der Waals surface area (Å²) in [6.45, 7) is 4.86. The van der Waals surface area contributed by atoms with Crippen molar-refractivity contribution in [3.05, 3.63) is 53.3 Å². The summed E-state index contributed by atoms with van der Waals surface area (Å²) in [5.74, 6) is 0.794. The number of imidazole rings is 1. The topological polar surface area (TPSA) is 64.3 Å². The predicted octanol–water partition coefficient (Wildman–Crippen LogP) is 4.22. The number of aromatic nitrogens is 2. The van der Waals surface area contributed by atoms with Gasteiger partial charge in [-0.05, 0) is 74.0 Å². The van der Waals surface area contributed by atoms with Gasteiger partial charge in [0.15, 0.2) is 0 Å². The molecule has 3 aromatic rings. The number of nitrogens with one attached hydrogen (secondary N) is 2. The average molecular weight is 448 g/mol. The number of carbonyl (C=O) groups is 1. The van der Waals surface area contributed by atoms with Gasteiger partial charge in [-0.1, -0.05) is 18.6 Å². The fraction of sp³-hybridized carbons (Fsp3) is 0.462. The van der Waals surface area contributed by atoms with Crippen molar-refractivity contribution in [2.24, 2.45) is 0 Å². The molecular formula is C26H30FN5O. The molecule has 172 valence electrons. The van der Waals surface area contributed by atoms with Gasteiger partial charge in [0.05, 0.1) is 16.4 Å². The standard InChI is InChI=1S/C26H30FN5O/c27-19-8-9-20-22(17-19)30-25(29-20)32-15-13-31(14-16-32)12-2-1-10-26-11-4-6-18-5-3-7-21(23(18)26)28-24(26)33/h3,5,7-9,17H,1-2,4,6,10-16H2,(H,28,33)(H,29,30). The maximum atomic E-state index is 13.5. The number of carbonyl (C=O) groups excluding carboxylic acids is 1. The number of fused-ring (bicyclic) bond motifs is 1. The molecule has 2 N–H and O–H groups in total. The number of H-pyrrole nitrogens is 1. The number of aryl methyl sites for hydroxylation is 1. The number of hydrogen-bond acceptors (Lipinski definition) is 4. The van der Waals surface area contributed by atoms with E-state index < -0.39 is 0 Å². The monoisotopic (exact) mass is 447 g/mol. The lowest BCUT2D eigenvalue weighted by atomic mass is 9.68. The van der Waals surface area contributed by atoms with Crippen LogP contribution >= 0.6 is 0 Å². The van der Waals surface area contributed by atoms with Crippen molar-refractivity contribution in [2.45, 2.75) is 43.9 Å². The lowest BCUT2D eigenvalue weighted by molar-refractivity contribution is -0.121. The average Bonchev–Trinajstić information content (AvgIpc) is 3.37. The highest BCUT2D eigenvalue weighted by atomic mass is 19.1. The van der Waals surface area contributed by atoms with Gasteiger partial charge in [0, 0.05) is 31.9 Å². The first-order chi connectivity index (χ1) is 16.1. The molecule has 0 radical (unpaired) electrons. The molecule has 0 saturated carbocycles. The fourth-order valence-corrected chi connectivity index (χ4v) is 6.08. The van der Waals surface area contributed by atoms with Crippen LogP contribution in [0.3, 0.4) is 0 Å². The maximum Gasteiger partial charge on any atom is 0.235 e. The number of halogens is 1. The van der Waals surface area contributed by atoms with Crippen molar-refractivity contribution in [2.75, 3.05) is 42.9 Å². The molecule has 0 spiro atoms. The summed E-state index contributed by atoms with van der Waals surface area (Å²) in [6, 6.07) is 11.0. The first-order valence-corrected chi connectivity index (χ1v) is 12.2. The Balaban J connectivity index is 1.02. The van der Waals surface area contributed by atoms with Crippen molar-refractivity contribution < 1.29 is 9.18 Å². The quantitative estimate of drug-likeness (QED) is 0.556. The van der Waals surface area contributed by atoms with Crippen LogP contribution in [0.1, 0.15) is 43.2 Å². The van der Waals surface area contributed by atoms with Crippen molar-refractivity contribution in [3.63, 3.8) is 0 Å². The molecule has 1 amide bonds. The van der Waals surface area contributed by atoms with Gasteiger partial charge < -0.3 is 15.2 Å². The SMILES string of the molecule is O=C1Nc2cccc3c2C1(CCCCN1CCN(c2nc4ccc(F)cc4[nH]2)CC1)CCC3. The number of hydrogen-bond donors (Lipinski definition) is 2. The number of nitrogens with zero attached hydrogens (tertiary/aromatic N) is 3. The van der Waals surface area contributed by atoms with E-state index in [0.717, 1.165) is 93.9 Å². The number of anilines is 2. The van der Waals surface area contributed by atoms with Crippen LogP contribution in [0.25, 0.3) is 11.0 Å². The van der Waals surface area contributed by atoms with E-state index in [1.807, 2.05) is 0 Å². The largest absolute Gasteiger partial charge is 0.340 e. The highest BCUT2D eigenvalue weighted by Crippen LogP contribution is 2.49. The number of amides is 1. The lowest BCUT2D eigenvalue weighted by Crippen LogP contribution is -2.47. The summed E-state index contributed by atoms with van der Waals surface area (Å²) in [5.41, 5.74) is 4.94. The number of benzene rings is 2. The Morgan fingerprint density at radius 3 is 2.85 bits per heavy atom. The molecule has 6 nitrogen and oxygen atoms in total. The summed E-state index contributed by atoms with van der Waals surface area (Å²) in [6.07, 6.45) is 6.28. The Labute approximate surface area is 193 Å². The van der Waals surface area contributed by atoms with Gasteiger partial charge in [-0.25, -0.2) is 9.37 Å². The normalized spacial score (nSPS) is 22.6. The van der Waals surface area contributed by atoms with E-state index in [9.17, 15) is 9.18 Å². The second-order valence-electron chi connectivity index (χ2n) is 9.74. The molecule has 1 unspecified atom stereocenters. The second-order valence-corrected chi connectivity index (χ2v) is 9.74. The minimum Gasteiger partial charge on any atom is -0.340 e. The van der Waals surface area contributed by atoms with Crippen LogP contribution in [-0.4, -0.2) is 53.5 Å². The molecule has 7 heteroatoms. The number of piperazine rings is 1. The summed E-state index contributed by atoms with van der Waals surface area (Å²) < 4.78 is 13.5. The molecule has 33 heavy (non-hydrogen) atoms. The van der Waals surface area contributed by atoms with E-state index in [0.29, 0.717) is 0 Å². The molecular weight excluding hydrogens is 417 g/mol. The Kier molecular flexibility index (Phi) is 5.09. The molecule has 6 rings (SSSR count). The van der Waals surface area contributed by atoms with Crippen LogP contribution in [0.5, 0.6) is 0 Å². The Morgan fingerprint density at radius 1 is 1.09 bits per heavy atom. The zero-order valence-electron chi connectivity index (χ0n) is 18.9. The van der Waals surface area contributed by atoms with Crippen molar-refractivity contribution in [1.29, 1.82) is 0 Å². The van der Waals surface area contributed by atoms with Crippen LogP contribution in [0.15, 0.2) is 36.4 Å². The molecule has 1 saturated heterocycles. The molecule has 1 aliphatic carbocycles. The third-order valence-electron chi connectivity index (χ3n) is 7.79. The second kappa shape index (κ2) is 8.13. The molecule has 3 aliphatic rings. The highest BCUT2D eigenvalue weighted by molar-refractivity contribution is 6.07. The van der Waals surface area contributed by atoms with E-state index in [1.54, 1.807) is 6.07 Å². The van der Waals surface area contributed by atoms with E-state index in [2.05, 4.69) is 43.3 Å². The fourth-order valence-electron chi connectivity index (χ4n) is 6.08. The zero-order valence-corrected chi connectivity index (χ0v) is 18.9. The lowest BCUT2D eigenvalue weighted by Gasteiger charge is -2.35. The van der Waals surface area contributed by atoms with E-state index in [1.165, 1.54) is 23.3 Å². The first-order valence-electron chi connectivity index (χ1n) is 12.2. The van der Waals surface area contributed by atoms with Crippen LogP contribution in [0.4, 0.5) is 16.0 Å². The van der Waals surface area contributed by atoms with Gasteiger partial charge in [-0.15, -0.1) is 0 Å². The predicted molar refractivity (Wildman–Crippen MR) is 128 cm³/mol. The minimum atomic E-state index is -0.302. The van der Waals surface area contributed by atoms with Gasteiger partial charge in [0.2, 0.25) is 11.9 Å². The zero-order chi connectivity index (χ0) is 22.4. The van der Waals surface area contributed by atoms with Gasteiger partial charge in [-0.3, -0.25) is 9.69 Å². The molecule has 0 bridgehead atoms. The third-order valence-corrected chi connectivity index (χ3v) is 7.79. The molecule has 2 aliphatic heterocycles. The maximum absolute atomic E-state index is 13.5. The van der Waals surface area contributed by atoms with Crippen molar-refractivity contribution in [1.82, 2.24) is 14.9 Å². The van der Waals surface area contributed by atoms with Gasteiger partial charge in [0.25, 0.3) is 0 Å². The summed E-state index contributed by atoms with van der Waals surface area (Å²) >= 11 is 0. The van der Waals surface area contributed by atoms with Gasteiger partial charge in [-0.2, -0.15) is 0 Å². The van der Waals surface area contributed by atoms with Crippen LogP contribution in [-0.2, 0) is 16.6 Å². The molecule has 1 atom stereocenters. The Hall–Kier alpha value is -2.93. The van der Waals surface area contributed by atoms with Gasteiger partial charge in [0.1, 0.15) is 5.82 Å². The summed E-state index contributed by atoms with van der Waals surface area (Å²) in [4.78, 5) is 25.6.